The van der Waals surface area contributed by atoms with Crippen molar-refractivity contribution in [1.82, 2.24) is 4.98 Å². The van der Waals surface area contributed by atoms with Crippen molar-refractivity contribution in [2.75, 3.05) is 10.6 Å². The normalized spacial score (nSPS) is 11.7. The maximum atomic E-state index is 12.6. The monoisotopic (exact) mass is 503 g/mol. The summed E-state index contributed by atoms with van der Waals surface area (Å²) >= 11 is 6.29. The van der Waals surface area contributed by atoms with E-state index in [0.29, 0.717) is 11.6 Å². The fraction of sp³-hybridized carbons (Fsp3) is 0.227. The quantitative estimate of drug-likeness (QED) is 0.347. The summed E-state index contributed by atoms with van der Waals surface area (Å²) in [7, 11) is 0. The van der Waals surface area contributed by atoms with Gasteiger partial charge in [-0.05, 0) is 49.7 Å². The summed E-state index contributed by atoms with van der Waals surface area (Å²) in [6.45, 7) is 3.83. The molecule has 1 unspecified atom stereocenters. The van der Waals surface area contributed by atoms with E-state index in [2.05, 4.69) is 31.5 Å². The van der Waals surface area contributed by atoms with Crippen LogP contribution in [0.3, 0.4) is 0 Å². The lowest BCUT2D eigenvalue weighted by Crippen LogP contribution is -2.22. The molecular weight excluding hydrogens is 482 g/mol. The first-order valence-corrected chi connectivity index (χ1v) is 12.1. The van der Waals surface area contributed by atoms with Gasteiger partial charge in [-0.3, -0.25) is 9.59 Å². The zero-order valence-corrected chi connectivity index (χ0v) is 19.9. The topological polar surface area (TPSA) is 71.1 Å². The van der Waals surface area contributed by atoms with E-state index in [1.165, 1.54) is 23.1 Å². The molecule has 1 aromatic heterocycles. The number of nitrogens with one attached hydrogen (secondary N) is 2. The van der Waals surface area contributed by atoms with Crippen molar-refractivity contribution in [2.24, 2.45) is 0 Å². The third-order valence-electron chi connectivity index (χ3n) is 4.17. The Morgan fingerprint density at radius 3 is 2.47 bits per heavy atom. The summed E-state index contributed by atoms with van der Waals surface area (Å²) in [4.78, 5) is 29.7. The molecule has 2 N–H and O–H groups in total. The van der Waals surface area contributed by atoms with Crippen LogP contribution in [0.2, 0.25) is 0 Å². The molecule has 2 amide bonds. The second-order valence-electron chi connectivity index (χ2n) is 6.62. The summed E-state index contributed by atoms with van der Waals surface area (Å²) in [6, 6.07) is 15.4. The van der Waals surface area contributed by atoms with Crippen LogP contribution in [0.1, 0.15) is 26.7 Å². The van der Waals surface area contributed by atoms with Crippen molar-refractivity contribution in [3.05, 3.63) is 58.4 Å². The predicted molar refractivity (Wildman–Crippen MR) is 129 cm³/mol. The van der Waals surface area contributed by atoms with Crippen LogP contribution in [-0.2, 0) is 9.59 Å². The van der Waals surface area contributed by atoms with Gasteiger partial charge in [-0.25, -0.2) is 4.98 Å². The largest absolute Gasteiger partial charge is 0.326 e. The van der Waals surface area contributed by atoms with Crippen LogP contribution in [-0.4, -0.2) is 22.0 Å². The lowest BCUT2D eigenvalue weighted by atomic mass is 10.2. The number of anilines is 2. The van der Waals surface area contributed by atoms with E-state index in [1.807, 2.05) is 67.8 Å². The maximum Gasteiger partial charge on any atom is 0.239 e. The average molecular weight is 504 g/mol. The number of hydrogen-bond donors (Lipinski definition) is 2. The first-order chi connectivity index (χ1) is 14.4. The van der Waals surface area contributed by atoms with Crippen LogP contribution in [0.4, 0.5) is 10.8 Å². The molecule has 0 saturated heterocycles. The molecule has 0 radical (unpaired) electrons. The van der Waals surface area contributed by atoms with Crippen molar-refractivity contribution in [3.8, 4) is 11.3 Å². The van der Waals surface area contributed by atoms with E-state index in [4.69, 9.17) is 0 Å². The van der Waals surface area contributed by atoms with Crippen LogP contribution >= 0.6 is 39.0 Å². The molecule has 3 aromatic rings. The van der Waals surface area contributed by atoms with Crippen molar-refractivity contribution in [1.29, 1.82) is 0 Å². The lowest BCUT2D eigenvalue weighted by molar-refractivity contribution is -0.116. The third kappa shape index (κ3) is 6.42. The fourth-order valence-electron chi connectivity index (χ4n) is 2.62. The summed E-state index contributed by atoms with van der Waals surface area (Å²) in [5, 5.41) is 7.99. The summed E-state index contributed by atoms with van der Waals surface area (Å²) < 4.78 is 1.01. The van der Waals surface area contributed by atoms with Gasteiger partial charge in [0.2, 0.25) is 11.8 Å². The van der Waals surface area contributed by atoms with Gasteiger partial charge in [0.15, 0.2) is 5.13 Å². The number of carbonyl (C=O) groups is 2. The molecule has 0 fully saturated rings. The molecule has 0 saturated carbocycles. The number of nitrogens with zero attached hydrogens (tertiary/aromatic N) is 1. The number of carbonyl (C=O) groups excluding carboxylic acids is 2. The van der Waals surface area contributed by atoms with Gasteiger partial charge in [0, 0.05) is 32.4 Å². The molecule has 8 heteroatoms. The Kier molecular flexibility index (Phi) is 8.07. The van der Waals surface area contributed by atoms with Gasteiger partial charge in [0.05, 0.1) is 10.9 Å². The summed E-state index contributed by atoms with van der Waals surface area (Å²) in [5.74, 6) is -0.0892. The van der Waals surface area contributed by atoms with Crippen molar-refractivity contribution >= 4 is 61.7 Å². The highest BCUT2D eigenvalue weighted by molar-refractivity contribution is 9.10. The molecule has 1 atom stereocenters. The van der Waals surface area contributed by atoms with E-state index in [0.717, 1.165) is 32.7 Å². The third-order valence-corrected chi connectivity index (χ3v) is 6.57. The highest BCUT2D eigenvalue weighted by Gasteiger charge is 2.16. The first-order valence-electron chi connectivity index (χ1n) is 9.53. The number of halogens is 1. The molecule has 30 heavy (non-hydrogen) atoms. The molecular formula is C22H22BrN3O2S2. The van der Waals surface area contributed by atoms with Crippen molar-refractivity contribution in [3.63, 3.8) is 0 Å². The standard InChI is InChI=1S/C22H22BrN3O2S2/c1-3-4-20(27)24-17-9-11-18(12-10-17)30-14(2)21(28)26-22-25-19(13-29-22)15-5-7-16(23)8-6-15/h5-14H,3-4H2,1-2H3,(H,24,27)(H,25,26,28). The summed E-state index contributed by atoms with van der Waals surface area (Å²) in [5.41, 5.74) is 2.60. The highest BCUT2D eigenvalue weighted by atomic mass is 79.9. The Morgan fingerprint density at radius 1 is 1.10 bits per heavy atom. The zero-order chi connectivity index (χ0) is 21.5. The molecule has 0 aliphatic carbocycles. The Balaban J connectivity index is 1.55. The highest BCUT2D eigenvalue weighted by Crippen LogP contribution is 2.28. The molecule has 0 bridgehead atoms. The van der Waals surface area contributed by atoms with Crippen LogP contribution < -0.4 is 10.6 Å². The number of rotatable bonds is 8. The van der Waals surface area contributed by atoms with Gasteiger partial charge in [-0.2, -0.15) is 0 Å². The van der Waals surface area contributed by atoms with Gasteiger partial charge in [0.1, 0.15) is 0 Å². The summed E-state index contributed by atoms with van der Waals surface area (Å²) in [6.07, 6.45) is 1.32. The molecule has 3 rings (SSSR count). The van der Waals surface area contributed by atoms with Crippen molar-refractivity contribution < 1.29 is 9.59 Å². The van der Waals surface area contributed by atoms with Gasteiger partial charge in [-0.1, -0.05) is 35.0 Å². The minimum absolute atomic E-state index is 0.0107. The number of aromatic nitrogens is 1. The van der Waals surface area contributed by atoms with Gasteiger partial charge >= 0.3 is 0 Å². The SMILES string of the molecule is CCCC(=O)Nc1ccc(SC(C)C(=O)Nc2nc(-c3ccc(Br)cc3)cs2)cc1. The molecule has 2 aromatic carbocycles. The lowest BCUT2D eigenvalue weighted by Gasteiger charge is -2.11. The van der Waals surface area contributed by atoms with Crippen molar-refractivity contribution in [2.45, 2.75) is 36.8 Å². The zero-order valence-electron chi connectivity index (χ0n) is 16.6. The predicted octanol–water partition coefficient (Wildman–Crippen LogP) is 6.43. The van der Waals surface area contributed by atoms with E-state index >= 15 is 0 Å². The Labute approximate surface area is 192 Å². The van der Waals surface area contributed by atoms with Gasteiger partial charge in [0.25, 0.3) is 0 Å². The average Bonchev–Trinajstić information content (AvgIpc) is 3.18. The van der Waals surface area contributed by atoms with Crippen LogP contribution in [0.15, 0.2) is 63.3 Å². The first kappa shape index (κ1) is 22.5. The number of amides is 2. The number of thiazole rings is 1. The van der Waals surface area contributed by atoms with Crippen LogP contribution in [0, 0.1) is 0 Å². The number of hydrogen-bond acceptors (Lipinski definition) is 5. The number of benzene rings is 2. The maximum absolute atomic E-state index is 12.6. The van der Waals surface area contributed by atoms with E-state index < -0.39 is 0 Å². The molecule has 0 aliphatic heterocycles. The molecule has 1 heterocycles. The second kappa shape index (κ2) is 10.7. The van der Waals surface area contributed by atoms with E-state index in [9.17, 15) is 9.59 Å². The Hall–Kier alpha value is -2.16. The van der Waals surface area contributed by atoms with Gasteiger partial charge in [-0.15, -0.1) is 23.1 Å². The van der Waals surface area contributed by atoms with E-state index in [1.54, 1.807) is 0 Å². The Morgan fingerprint density at radius 2 is 1.80 bits per heavy atom. The Bertz CT molecular complexity index is 1000. The second-order valence-corrected chi connectivity index (χ2v) is 9.80. The molecule has 0 spiro atoms. The molecule has 0 aliphatic rings. The van der Waals surface area contributed by atoms with Crippen LogP contribution in [0.5, 0.6) is 0 Å². The molecule has 5 nitrogen and oxygen atoms in total. The minimum Gasteiger partial charge on any atom is -0.326 e. The fourth-order valence-corrected chi connectivity index (χ4v) is 4.47. The number of thioether (sulfide) groups is 1. The van der Waals surface area contributed by atoms with Crippen LogP contribution in [0.25, 0.3) is 11.3 Å². The van der Waals surface area contributed by atoms with E-state index in [-0.39, 0.29) is 17.1 Å². The van der Waals surface area contributed by atoms with Gasteiger partial charge < -0.3 is 10.6 Å². The molecule has 156 valence electrons. The smallest absolute Gasteiger partial charge is 0.239 e. The minimum atomic E-state index is -0.287.